The van der Waals surface area contributed by atoms with Crippen molar-refractivity contribution in [1.29, 1.82) is 0 Å². The molecule has 0 fully saturated rings. The van der Waals surface area contributed by atoms with Gasteiger partial charge in [-0.05, 0) is 30.2 Å². The van der Waals surface area contributed by atoms with Crippen molar-refractivity contribution in [3.8, 4) is 5.75 Å². The molecule has 0 bridgehead atoms. The number of benzene rings is 2. The predicted octanol–water partition coefficient (Wildman–Crippen LogP) is 4.51. The minimum absolute atomic E-state index is 0.245. The Hall–Kier alpha value is -1.51. The molecule has 20 heavy (non-hydrogen) atoms. The van der Waals surface area contributed by atoms with Gasteiger partial charge >= 0.3 is 0 Å². The van der Waals surface area contributed by atoms with Crippen LogP contribution in [0.25, 0.3) is 0 Å². The number of para-hydroxylation sites is 1. The smallest absolute Gasteiger partial charge is 0.124 e. The molecule has 2 aromatic rings. The maximum absolute atomic E-state index is 6.09. The predicted molar refractivity (Wildman–Crippen MR) is 82.3 cm³/mol. The highest BCUT2D eigenvalue weighted by molar-refractivity contribution is 6.30. The fourth-order valence-electron chi connectivity index (χ4n) is 2.72. The second-order valence-electron chi connectivity index (χ2n) is 5.08. The molecule has 0 aromatic heterocycles. The molecule has 0 spiro atoms. The Morgan fingerprint density at radius 3 is 2.90 bits per heavy atom. The first-order valence-electron chi connectivity index (χ1n) is 7.01. The van der Waals surface area contributed by atoms with Crippen LogP contribution in [0, 0.1) is 0 Å². The second-order valence-corrected chi connectivity index (χ2v) is 5.52. The lowest BCUT2D eigenvalue weighted by atomic mass is 10.0. The summed E-state index contributed by atoms with van der Waals surface area (Å²) < 4.78 is 5.73. The topological polar surface area (TPSA) is 21.3 Å². The maximum Gasteiger partial charge on any atom is 0.124 e. The molecule has 2 aromatic carbocycles. The van der Waals surface area contributed by atoms with Crippen LogP contribution in [0.2, 0.25) is 5.02 Å². The molecule has 0 amide bonds. The first-order valence-corrected chi connectivity index (χ1v) is 7.39. The van der Waals surface area contributed by atoms with Crippen LogP contribution in [0.1, 0.15) is 36.6 Å². The van der Waals surface area contributed by atoms with Crippen molar-refractivity contribution in [3.05, 3.63) is 64.7 Å². The lowest BCUT2D eigenvalue weighted by Crippen LogP contribution is -2.27. The first-order chi connectivity index (χ1) is 9.78. The highest BCUT2D eigenvalue weighted by Gasteiger charge is 2.25. The molecule has 104 valence electrons. The van der Waals surface area contributed by atoms with E-state index in [9.17, 15) is 0 Å². The minimum Gasteiger partial charge on any atom is -0.491 e. The lowest BCUT2D eigenvalue weighted by molar-refractivity contribution is 0.296. The van der Waals surface area contributed by atoms with E-state index in [2.05, 4.69) is 30.4 Å². The molecule has 3 heteroatoms. The summed E-state index contributed by atoms with van der Waals surface area (Å²) in [6.07, 6.45) is 1.01. The standard InChI is InChI=1S/C17H18ClNO/c1-2-15(12-6-5-7-13(18)10-12)19-16-11-20-17-9-4-3-8-14(16)17/h3-10,15-16,19H,2,11H2,1H3. The van der Waals surface area contributed by atoms with E-state index in [4.69, 9.17) is 16.3 Å². The number of ether oxygens (including phenoxy) is 1. The summed E-state index contributed by atoms with van der Waals surface area (Å²) in [5.74, 6) is 0.992. The van der Waals surface area contributed by atoms with E-state index in [0.29, 0.717) is 6.61 Å². The van der Waals surface area contributed by atoms with Crippen LogP contribution >= 0.6 is 11.6 Å². The molecular formula is C17H18ClNO. The van der Waals surface area contributed by atoms with Gasteiger partial charge in [0.2, 0.25) is 0 Å². The molecule has 2 atom stereocenters. The van der Waals surface area contributed by atoms with Gasteiger partial charge in [0, 0.05) is 16.6 Å². The van der Waals surface area contributed by atoms with Gasteiger partial charge in [0.25, 0.3) is 0 Å². The summed E-state index contributed by atoms with van der Waals surface area (Å²) in [6, 6.07) is 16.8. The average molecular weight is 288 g/mol. The molecule has 0 aliphatic carbocycles. The van der Waals surface area contributed by atoms with Crippen LogP contribution in [-0.4, -0.2) is 6.61 Å². The SMILES string of the molecule is CCC(NC1COc2ccccc21)c1cccc(Cl)c1. The van der Waals surface area contributed by atoms with Crippen LogP contribution in [-0.2, 0) is 0 Å². The average Bonchev–Trinajstić information content (AvgIpc) is 2.88. The van der Waals surface area contributed by atoms with Gasteiger partial charge in [-0.2, -0.15) is 0 Å². The van der Waals surface area contributed by atoms with Crippen LogP contribution in [0.5, 0.6) is 5.75 Å². The number of hydrogen-bond donors (Lipinski definition) is 1. The zero-order chi connectivity index (χ0) is 13.9. The third-order valence-electron chi connectivity index (χ3n) is 3.76. The monoisotopic (exact) mass is 287 g/mol. The molecule has 0 saturated heterocycles. The fourth-order valence-corrected chi connectivity index (χ4v) is 2.92. The summed E-state index contributed by atoms with van der Waals surface area (Å²) in [6.45, 7) is 2.87. The molecule has 1 aliphatic rings. The summed E-state index contributed by atoms with van der Waals surface area (Å²) >= 11 is 6.09. The van der Waals surface area contributed by atoms with Crippen molar-refractivity contribution in [2.75, 3.05) is 6.61 Å². The molecule has 1 aliphatic heterocycles. The molecule has 0 saturated carbocycles. The summed E-state index contributed by atoms with van der Waals surface area (Å²) in [5.41, 5.74) is 2.47. The van der Waals surface area contributed by atoms with Gasteiger partial charge in [0.15, 0.2) is 0 Å². The second kappa shape index (κ2) is 5.86. The first kappa shape index (κ1) is 13.5. The number of hydrogen-bond acceptors (Lipinski definition) is 2. The van der Waals surface area contributed by atoms with Gasteiger partial charge in [-0.3, -0.25) is 0 Å². The molecule has 0 radical (unpaired) electrons. The number of fused-ring (bicyclic) bond motifs is 1. The summed E-state index contributed by atoms with van der Waals surface area (Å²) in [7, 11) is 0. The van der Waals surface area contributed by atoms with Crippen molar-refractivity contribution < 1.29 is 4.74 Å². The largest absolute Gasteiger partial charge is 0.491 e. The van der Waals surface area contributed by atoms with Gasteiger partial charge in [-0.15, -0.1) is 0 Å². The lowest BCUT2D eigenvalue weighted by Gasteiger charge is -2.22. The number of halogens is 1. The van der Waals surface area contributed by atoms with E-state index < -0.39 is 0 Å². The summed E-state index contributed by atoms with van der Waals surface area (Å²) in [4.78, 5) is 0. The molecular weight excluding hydrogens is 270 g/mol. The Kier molecular flexibility index (Phi) is 3.95. The summed E-state index contributed by atoms with van der Waals surface area (Å²) in [5, 5.41) is 4.46. The minimum atomic E-state index is 0.245. The fraction of sp³-hybridized carbons (Fsp3) is 0.294. The molecule has 1 N–H and O–H groups in total. The Morgan fingerprint density at radius 1 is 1.25 bits per heavy atom. The zero-order valence-electron chi connectivity index (χ0n) is 11.5. The third kappa shape index (κ3) is 2.67. The Bertz CT molecular complexity index is 599. The Balaban J connectivity index is 1.80. The quantitative estimate of drug-likeness (QED) is 0.893. The number of rotatable bonds is 4. The highest BCUT2D eigenvalue weighted by Crippen LogP contribution is 2.34. The van der Waals surface area contributed by atoms with Gasteiger partial charge in [-0.25, -0.2) is 0 Å². The van der Waals surface area contributed by atoms with Crippen LogP contribution in [0.3, 0.4) is 0 Å². The van der Waals surface area contributed by atoms with Gasteiger partial charge in [0.05, 0.1) is 6.04 Å². The van der Waals surface area contributed by atoms with Crippen LogP contribution in [0.15, 0.2) is 48.5 Å². The molecule has 3 rings (SSSR count). The van der Waals surface area contributed by atoms with Crippen LogP contribution < -0.4 is 10.1 Å². The normalized spacial score (nSPS) is 18.4. The zero-order valence-corrected chi connectivity index (χ0v) is 12.2. The number of nitrogens with one attached hydrogen (secondary N) is 1. The van der Waals surface area contributed by atoms with Crippen molar-refractivity contribution in [2.45, 2.75) is 25.4 Å². The van der Waals surface area contributed by atoms with E-state index in [1.54, 1.807) is 0 Å². The van der Waals surface area contributed by atoms with Crippen molar-refractivity contribution in [2.24, 2.45) is 0 Å². The van der Waals surface area contributed by atoms with Crippen LogP contribution in [0.4, 0.5) is 0 Å². The molecule has 2 nitrogen and oxygen atoms in total. The van der Waals surface area contributed by atoms with E-state index in [1.807, 2.05) is 30.3 Å². The highest BCUT2D eigenvalue weighted by atomic mass is 35.5. The Labute approximate surface area is 124 Å². The van der Waals surface area contributed by atoms with Crippen molar-refractivity contribution >= 4 is 11.6 Å². The third-order valence-corrected chi connectivity index (χ3v) is 4.00. The maximum atomic E-state index is 6.09. The van der Waals surface area contributed by atoms with E-state index in [1.165, 1.54) is 11.1 Å². The van der Waals surface area contributed by atoms with E-state index in [0.717, 1.165) is 17.2 Å². The van der Waals surface area contributed by atoms with Crippen molar-refractivity contribution in [1.82, 2.24) is 5.32 Å². The van der Waals surface area contributed by atoms with Gasteiger partial charge in [-0.1, -0.05) is 48.9 Å². The molecule has 1 heterocycles. The van der Waals surface area contributed by atoms with E-state index in [-0.39, 0.29) is 12.1 Å². The van der Waals surface area contributed by atoms with Crippen molar-refractivity contribution in [3.63, 3.8) is 0 Å². The van der Waals surface area contributed by atoms with E-state index >= 15 is 0 Å². The van der Waals surface area contributed by atoms with Gasteiger partial charge in [0.1, 0.15) is 12.4 Å². The Morgan fingerprint density at radius 2 is 2.10 bits per heavy atom. The molecule has 2 unspecified atom stereocenters. The van der Waals surface area contributed by atoms with Gasteiger partial charge < -0.3 is 10.1 Å².